The standard InChI is InChI=1S/C18H18BrClN2O3S/c19-14-2-1-3-16(12-14)21-18(23)13-8-10-22(11-9-13)26(24,25)17-6-4-15(20)5-7-17/h1-7,12-13H,8-11H2,(H,21,23). The molecule has 26 heavy (non-hydrogen) atoms. The Morgan fingerprint density at radius 2 is 1.77 bits per heavy atom. The van der Waals surface area contributed by atoms with Crippen molar-refractivity contribution in [2.75, 3.05) is 18.4 Å². The van der Waals surface area contributed by atoms with Gasteiger partial charge in [-0.3, -0.25) is 4.79 Å². The zero-order valence-corrected chi connectivity index (χ0v) is 17.0. The van der Waals surface area contributed by atoms with E-state index in [2.05, 4.69) is 21.2 Å². The SMILES string of the molecule is O=C(Nc1cccc(Br)c1)C1CCN(S(=O)(=O)c2ccc(Cl)cc2)CC1. The Labute approximate surface area is 166 Å². The van der Waals surface area contributed by atoms with Crippen LogP contribution >= 0.6 is 27.5 Å². The number of rotatable bonds is 4. The van der Waals surface area contributed by atoms with Crippen molar-refractivity contribution in [3.8, 4) is 0 Å². The van der Waals surface area contributed by atoms with Gasteiger partial charge >= 0.3 is 0 Å². The molecule has 138 valence electrons. The minimum absolute atomic E-state index is 0.0772. The average Bonchev–Trinajstić information content (AvgIpc) is 2.62. The summed E-state index contributed by atoms with van der Waals surface area (Å²) in [7, 11) is -3.56. The molecule has 0 radical (unpaired) electrons. The van der Waals surface area contributed by atoms with Crippen LogP contribution in [0, 0.1) is 5.92 Å². The Kier molecular flexibility index (Phi) is 6.02. The van der Waals surface area contributed by atoms with E-state index in [1.54, 1.807) is 12.1 Å². The van der Waals surface area contributed by atoms with Crippen molar-refractivity contribution in [2.24, 2.45) is 5.92 Å². The topological polar surface area (TPSA) is 66.5 Å². The number of nitrogens with one attached hydrogen (secondary N) is 1. The van der Waals surface area contributed by atoms with E-state index in [1.807, 2.05) is 24.3 Å². The number of anilines is 1. The molecule has 0 bridgehead atoms. The number of carbonyl (C=O) groups excluding carboxylic acids is 1. The molecule has 0 aromatic heterocycles. The van der Waals surface area contributed by atoms with Crippen LogP contribution in [0.3, 0.4) is 0 Å². The largest absolute Gasteiger partial charge is 0.326 e. The minimum Gasteiger partial charge on any atom is -0.326 e. The molecule has 1 heterocycles. The smallest absolute Gasteiger partial charge is 0.243 e. The van der Waals surface area contributed by atoms with E-state index < -0.39 is 10.0 Å². The van der Waals surface area contributed by atoms with Crippen LogP contribution in [0.4, 0.5) is 5.69 Å². The number of sulfonamides is 1. The van der Waals surface area contributed by atoms with E-state index in [-0.39, 0.29) is 16.7 Å². The van der Waals surface area contributed by atoms with Gasteiger partial charge in [-0.1, -0.05) is 33.6 Å². The van der Waals surface area contributed by atoms with Crippen molar-refractivity contribution in [3.05, 3.63) is 58.0 Å². The Bertz CT molecular complexity index is 895. The highest BCUT2D eigenvalue weighted by Gasteiger charge is 2.32. The minimum atomic E-state index is -3.56. The first-order valence-electron chi connectivity index (χ1n) is 8.18. The number of hydrogen-bond donors (Lipinski definition) is 1. The molecular formula is C18H18BrClN2O3S. The Morgan fingerprint density at radius 1 is 1.12 bits per heavy atom. The molecule has 0 unspecified atom stereocenters. The summed E-state index contributed by atoms with van der Waals surface area (Å²) < 4.78 is 27.7. The van der Waals surface area contributed by atoms with Crippen LogP contribution in [0.1, 0.15) is 12.8 Å². The summed E-state index contributed by atoms with van der Waals surface area (Å²) in [6.45, 7) is 0.642. The first kappa shape index (κ1) is 19.4. The van der Waals surface area contributed by atoms with Crippen molar-refractivity contribution in [1.82, 2.24) is 4.31 Å². The third kappa shape index (κ3) is 4.46. The van der Waals surface area contributed by atoms with Crippen molar-refractivity contribution in [3.63, 3.8) is 0 Å². The number of piperidine rings is 1. The fourth-order valence-corrected chi connectivity index (χ4v) is 4.92. The first-order chi connectivity index (χ1) is 12.4. The van der Waals surface area contributed by atoms with Gasteiger partial charge in [0.15, 0.2) is 0 Å². The maximum absolute atomic E-state index is 12.7. The summed E-state index contributed by atoms with van der Waals surface area (Å²) in [6.07, 6.45) is 0.985. The van der Waals surface area contributed by atoms with Gasteiger partial charge in [-0.2, -0.15) is 4.31 Å². The Morgan fingerprint density at radius 3 is 2.38 bits per heavy atom. The fraction of sp³-hybridized carbons (Fsp3) is 0.278. The lowest BCUT2D eigenvalue weighted by molar-refractivity contribution is -0.120. The molecule has 1 aliphatic heterocycles. The van der Waals surface area contributed by atoms with E-state index in [0.717, 1.165) is 10.2 Å². The highest BCUT2D eigenvalue weighted by Crippen LogP contribution is 2.26. The second-order valence-corrected chi connectivity index (χ2v) is 9.42. The summed E-state index contributed by atoms with van der Waals surface area (Å²) in [5.74, 6) is -0.280. The van der Waals surface area contributed by atoms with Gasteiger partial charge in [-0.05, 0) is 55.3 Å². The quantitative estimate of drug-likeness (QED) is 0.750. The summed E-state index contributed by atoms with van der Waals surface area (Å²) in [5.41, 5.74) is 0.723. The lowest BCUT2D eigenvalue weighted by Gasteiger charge is -2.30. The van der Waals surface area contributed by atoms with Gasteiger partial charge in [0.1, 0.15) is 0 Å². The van der Waals surface area contributed by atoms with Crippen LogP contribution in [0.25, 0.3) is 0 Å². The molecule has 3 rings (SSSR count). The van der Waals surface area contributed by atoms with Gasteiger partial charge in [0.25, 0.3) is 0 Å². The van der Waals surface area contributed by atoms with Gasteiger partial charge < -0.3 is 5.32 Å². The van der Waals surface area contributed by atoms with E-state index in [0.29, 0.717) is 31.0 Å². The second-order valence-electron chi connectivity index (χ2n) is 6.13. The molecule has 8 heteroatoms. The zero-order chi connectivity index (χ0) is 18.7. The van der Waals surface area contributed by atoms with E-state index in [1.165, 1.54) is 16.4 Å². The zero-order valence-electron chi connectivity index (χ0n) is 13.9. The molecule has 0 saturated carbocycles. The molecule has 1 fully saturated rings. The molecule has 1 amide bonds. The molecular weight excluding hydrogens is 440 g/mol. The van der Waals surface area contributed by atoms with E-state index in [4.69, 9.17) is 11.6 Å². The van der Waals surface area contributed by atoms with Crippen molar-refractivity contribution < 1.29 is 13.2 Å². The van der Waals surface area contributed by atoms with Crippen LogP contribution in [0.2, 0.25) is 5.02 Å². The van der Waals surface area contributed by atoms with Crippen LogP contribution < -0.4 is 5.32 Å². The van der Waals surface area contributed by atoms with Crippen LogP contribution in [-0.2, 0) is 14.8 Å². The summed E-state index contributed by atoms with van der Waals surface area (Å²) in [4.78, 5) is 12.7. The number of carbonyl (C=O) groups is 1. The highest BCUT2D eigenvalue weighted by molar-refractivity contribution is 9.10. The van der Waals surface area contributed by atoms with Gasteiger partial charge in [-0.15, -0.1) is 0 Å². The molecule has 1 N–H and O–H groups in total. The number of halogens is 2. The molecule has 0 atom stereocenters. The Hall–Kier alpha value is -1.41. The first-order valence-corrected chi connectivity index (χ1v) is 10.8. The lowest BCUT2D eigenvalue weighted by atomic mass is 9.97. The van der Waals surface area contributed by atoms with E-state index in [9.17, 15) is 13.2 Å². The maximum Gasteiger partial charge on any atom is 0.243 e. The predicted octanol–water partition coefficient (Wildman–Crippen LogP) is 4.14. The Balaban J connectivity index is 1.61. The molecule has 1 saturated heterocycles. The molecule has 0 spiro atoms. The van der Waals surface area contributed by atoms with Gasteiger partial charge in [0.2, 0.25) is 15.9 Å². The summed E-state index contributed by atoms with van der Waals surface area (Å²) in [5, 5.41) is 3.38. The van der Waals surface area contributed by atoms with Crippen LogP contribution in [-0.4, -0.2) is 31.7 Å². The lowest BCUT2D eigenvalue weighted by Crippen LogP contribution is -2.41. The van der Waals surface area contributed by atoms with E-state index >= 15 is 0 Å². The predicted molar refractivity (Wildman–Crippen MR) is 106 cm³/mol. The highest BCUT2D eigenvalue weighted by atomic mass is 79.9. The number of benzene rings is 2. The fourth-order valence-electron chi connectivity index (χ4n) is 2.92. The molecule has 0 aliphatic carbocycles. The molecule has 5 nitrogen and oxygen atoms in total. The van der Waals surface area contributed by atoms with Gasteiger partial charge in [0, 0.05) is 34.2 Å². The third-order valence-corrected chi connectivity index (χ3v) is 7.03. The maximum atomic E-state index is 12.7. The number of nitrogens with zero attached hydrogens (tertiary/aromatic N) is 1. The van der Waals surface area contributed by atoms with Crippen LogP contribution in [0.15, 0.2) is 57.9 Å². The molecule has 2 aromatic rings. The van der Waals surface area contributed by atoms with Crippen LogP contribution in [0.5, 0.6) is 0 Å². The van der Waals surface area contributed by atoms with Crippen molar-refractivity contribution in [1.29, 1.82) is 0 Å². The molecule has 2 aromatic carbocycles. The summed E-state index contributed by atoms with van der Waals surface area (Å²) >= 11 is 9.19. The second kappa shape index (κ2) is 8.08. The number of hydrogen-bond acceptors (Lipinski definition) is 3. The number of amides is 1. The molecule has 1 aliphatic rings. The monoisotopic (exact) mass is 456 g/mol. The summed E-state index contributed by atoms with van der Waals surface area (Å²) in [6, 6.07) is 13.5. The normalized spacial score (nSPS) is 16.4. The van der Waals surface area contributed by atoms with Gasteiger partial charge in [-0.25, -0.2) is 8.42 Å². The third-order valence-electron chi connectivity index (χ3n) is 4.37. The van der Waals surface area contributed by atoms with Crippen molar-refractivity contribution >= 4 is 49.1 Å². The van der Waals surface area contributed by atoms with Crippen molar-refractivity contribution in [2.45, 2.75) is 17.7 Å². The van der Waals surface area contributed by atoms with Gasteiger partial charge in [0.05, 0.1) is 4.90 Å². The average molecular weight is 458 g/mol.